The quantitative estimate of drug-likeness (QED) is 0.481. The summed E-state index contributed by atoms with van der Waals surface area (Å²) in [5.41, 5.74) is 8.19. The minimum Gasteiger partial charge on any atom is -0.351 e. The number of nitrogens with two attached hydrogens (primary N) is 1. The van der Waals surface area contributed by atoms with Crippen LogP contribution in [0.15, 0.2) is 18.2 Å². The number of carbonyl (C=O) groups excluding carboxylic acids is 4. The molecule has 2 fully saturated rings. The van der Waals surface area contributed by atoms with Crippen molar-refractivity contribution >= 4 is 23.8 Å². The maximum atomic E-state index is 12.9. The number of benzene rings is 1. The Bertz CT molecular complexity index is 910. The van der Waals surface area contributed by atoms with Gasteiger partial charge in [-0.05, 0) is 49.4 Å². The molecule has 5 amide bonds. The molecule has 0 saturated carbocycles. The second-order valence-electron chi connectivity index (χ2n) is 8.82. The van der Waals surface area contributed by atoms with Gasteiger partial charge in [-0.3, -0.25) is 24.6 Å². The number of aryl methyl sites for hydroxylation is 1. The molecule has 0 aliphatic carbocycles. The number of piperidine rings is 1. The summed E-state index contributed by atoms with van der Waals surface area (Å²) in [6.07, 6.45) is 4.76. The highest BCUT2D eigenvalue weighted by Gasteiger charge is 2.39. The highest BCUT2D eigenvalue weighted by atomic mass is 16.2. The van der Waals surface area contributed by atoms with Crippen molar-refractivity contribution in [3.05, 3.63) is 34.9 Å². The number of nitrogens with one attached hydrogen (secondary N) is 1. The zero-order chi connectivity index (χ0) is 22.7. The average molecular weight is 442 g/mol. The number of primary amides is 1. The molecule has 1 atom stereocenters. The third-order valence-corrected chi connectivity index (χ3v) is 6.78. The van der Waals surface area contributed by atoms with Gasteiger partial charge in [0, 0.05) is 44.7 Å². The van der Waals surface area contributed by atoms with Crippen LogP contribution in [0.5, 0.6) is 0 Å². The fraction of sp³-hybridized carbons (Fsp3) is 0.565. The molecule has 3 N–H and O–H groups in total. The fourth-order valence-corrected chi connectivity index (χ4v) is 4.90. The molecule has 1 aromatic carbocycles. The molecule has 0 aromatic heterocycles. The van der Waals surface area contributed by atoms with Gasteiger partial charge in [-0.15, -0.1) is 0 Å². The first-order valence-electron chi connectivity index (χ1n) is 11.5. The van der Waals surface area contributed by atoms with Gasteiger partial charge in [0.2, 0.25) is 11.8 Å². The minimum absolute atomic E-state index is 0.119. The first kappa shape index (κ1) is 22.3. The van der Waals surface area contributed by atoms with E-state index in [0.717, 1.165) is 50.9 Å². The Morgan fingerprint density at radius 2 is 1.84 bits per heavy atom. The number of urea groups is 1. The number of carbonyl (C=O) groups is 4. The lowest BCUT2D eigenvalue weighted by Gasteiger charge is -2.33. The normalized spacial score (nSPS) is 21.6. The standard InChI is InChI=1S/C23H31N5O4/c24-23(32)27-13-11-26(12-14-27)10-3-1-2-5-16-6-4-7-17-18(16)15-28(22(17)31)19-8-9-20(29)25-21(19)30/h4,6-7,19H,1-3,5,8-15H2,(H2,24,32)(H,25,29,30). The van der Waals surface area contributed by atoms with Crippen LogP contribution >= 0.6 is 0 Å². The van der Waals surface area contributed by atoms with Gasteiger partial charge in [-0.25, -0.2) is 4.79 Å². The van der Waals surface area contributed by atoms with Gasteiger partial charge in [0.05, 0.1) is 0 Å². The summed E-state index contributed by atoms with van der Waals surface area (Å²) in [5, 5.41) is 2.35. The van der Waals surface area contributed by atoms with E-state index >= 15 is 0 Å². The van der Waals surface area contributed by atoms with Crippen LogP contribution in [0, 0.1) is 0 Å². The summed E-state index contributed by atoms with van der Waals surface area (Å²) >= 11 is 0. The number of fused-ring (bicyclic) bond motifs is 1. The van der Waals surface area contributed by atoms with Gasteiger partial charge >= 0.3 is 6.03 Å². The highest BCUT2D eigenvalue weighted by Crippen LogP contribution is 2.30. The fourth-order valence-electron chi connectivity index (χ4n) is 4.90. The molecular formula is C23H31N5O4. The predicted molar refractivity (Wildman–Crippen MR) is 118 cm³/mol. The Hall–Kier alpha value is -2.94. The number of hydrogen-bond donors (Lipinski definition) is 2. The molecule has 0 spiro atoms. The average Bonchev–Trinajstić information content (AvgIpc) is 3.11. The molecule has 0 bridgehead atoms. The number of amides is 5. The van der Waals surface area contributed by atoms with E-state index in [2.05, 4.69) is 16.3 Å². The van der Waals surface area contributed by atoms with Crippen LogP contribution in [0.2, 0.25) is 0 Å². The molecule has 0 radical (unpaired) electrons. The van der Waals surface area contributed by atoms with E-state index in [9.17, 15) is 19.2 Å². The second-order valence-corrected chi connectivity index (χ2v) is 8.82. The summed E-state index contributed by atoms with van der Waals surface area (Å²) in [4.78, 5) is 53.5. The number of imide groups is 1. The molecule has 1 unspecified atom stereocenters. The van der Waals surface area contributed by atoms with Crippen molar-refractivity contribution in [2.24, 2.45) is 5.73 Å². The lowest BCUT2D eigenvalue weighted by molar-refractivity contribution is -0.136. The molecule has 2 saturated heterocycles. The number of piperazine rings is 1. The molecule has 172 valence electrons. The number of hydrogen-bond acceptors (Lipinski definition) is 5. The van der Waals surface area contributed by atoms with Crippen LogP contribution in [0.3, 0.4) is 0 Å². The van der Waals surface area contributed by atoms with Crippen LogP contribution in [-0.2, 0) is 22.6 Å². The van der Waals surface area contributed by atoms with Crippen molar-refractivity contribution in [3.8, 4) is 0 Å². The molecular weight excluding hydrogens is 410 g/mol. The minimum atomic E-state index is -0.574. The summed E-state index contributed by atoms with van der Waals surface area (Å²) in [6.45, 7) is 4.58. The van der Waals surface area contributed by atoms with E-state index < -0.39 is 6.04 Å². The van der Waals surface area contributed by atoms with Crippen molar-refractivity contribution in [1.82, 2.24) is 20.0 Å². The van der Waals surface area contributed by atoms with E-state index in [1.165, 1.54) is 5.56 Å². The molecule has 9 heteroatoms. The monoisotopic (exact) mass is 441 g/mol. The van der Waals surface area contributed by atoms with Crippen LogP contribution in [0.25, 0.3) is 0 Å². The van der Waals surface area contributed by atoms with Gasteiger partial charge in [-0.1, -0.05) is 18.6 Å². The lowest BCUT2D eigenvalue weighted by Crippen LogP contribution is -2.52. The topological polar surface area (TPSA) is 116 Å². The second kappa shape index (κ2) is 9.68. The predicted octanol–water partition coefficient (Wildman–Crippen LogP) is 0.857. The third kappa shape index (κ3) is 4.77. The molecule has 3 heterocycles. The van der Waals surface area contributed by atoms with Crippen LogP contribution < -0.4 is 11.1 Å². The highest BCUT2D eigenvalue weighted by molar-refractivity contribution is 6.05. The van der Waals surface area contributed by atoms with Gasteiger partial charge in [0.1, 0.15) is 6.04 Å². The van der Waals surface area contributed by atoms with E-state index in [-0.39, 0.29) is 30.2 Å². The summed E-state index contributed by atoms with van der Waals surface area (Å²) in [6, 6.07) is 4.91. The maximum absolute atomic E-state index is 12.9. The Labute approximate surface area is 187 Å². The summed E-state index contributed by atoms with van der Waals surface area (Å²) in [7, 11) is 0. The van der Waals surface area contributed by atoms with Crippen molar-refractivity contribution in [2.75, 3.05) is 32.7 Å². The molecule has 32 heavy (non-hydrogen) atoms. The molecule has 4 rings (SSSR count). The third-order valence-electron chi connectivity index (χ3n) is 6.78. The van der Waals surface area contributed by atoms with Crippen molar-refractivity contribution in [1.29, 1.82) is 0 Å². The van der Waals surface area contributed by atoms with Crippen LogP contribution in [0.4, 0.5) is 4.79 Å². The molecule has 1 aromatic rings. The van der Waals surface area contributed by atoms with Crippen LogP contribution in [-0.4, -0.2) is 77.2 Å². The van der Waals surface area contributed by atoms with Gasteiger partial charge in [-0.2, -0.15) is 0 Å². The first-order chi connectivity index (χ1) is 15.4. The summed E-state index contributed by atoms with van der Waals surface area (Å²) < 4.78 is 0. The Balaban J connectivity index is 1.26. The Kier molecular flexibility index (Phi) is 6.74. The van der Waals surface area contributed by atoms with E-state index in [1.54, 1.807) is 9.80 Å². The Morgan fingerprint density at radius 3 is 2.56 bits per heavy atom. The summed E-state index contributed by atoms with van der Waals surface area (Å²) in [5.74, 6) is -0.766. The van der Waals surface area contributed by atoms with Crippen molar-refractivity contribution in [2.45, 2.75) is 51.1 Å². The zero-order valence-corrected chi connectivity index (χ0v) is 18.3. The number of nitrogens with zero attached hydrogens (tertiary/aromatic N) is 3. The van der Waals surface area contributed by atoms with E-state index in [4.69, 9.17) is 5.73 Å². The van der Waals surface area contributed by atoms with E-state index in [0.29, 0.717) is 31.6 Å². The van der Waals surface area contributed by atoms with Gasteiger partial charge < -0.3 is 15.5 Å². The number of rotatable bonds is 7. The largest absolute Gasteiger partial charge is 0.351 e. The van der Waals surface area contributed by atoms with Crippen molar-refractivity contribution in [3.63, 3.8) is 0 Å². The van der Waals surface area contributed by atoms with Gasteiger partial charge in [0.15, 0.2) is 0 Å². The molecule has 3 aliphatic heterocycles. The van der Waals surface area contributed by atoms with Crippen molar-refractivity contribution < 1.29 is 19.2 Å². The zero-order valence-electron chi connectivity index (χ0n) is 18.3. The lowest BCUT2D eigenvalue weighted by atomic mass is 9.98. The van der Waals surface area contributed by atoms with E-state index in [1.807, 2.05) is 12.1 Å². The SMILES string of the molecule is NC(=O)N1CCN(CCCCCc2cccc3c2CN(C2CCC(=O)NC2=O)C3=O)CC1. The Morgan fingerprint density at radius 1 is 1.06 bits per heavy atom. The smallest absolute Gasteiger partial charge is 0.314 e. The molecule has 3 aliphatic rings. The first-order valence-corrected chi connectivity index (χ1v) is 11.5. The van der Waals surface area contributed by atoms with Gasteiger partial charge in [0.25, 0.3) is 5.91 Å². The van der Waals surface area contributed by atoms with Crippen LogP contribution in [0.1, 0.15) is 53.6 Å². The number of unbranched alkanes of at least 4 members (excludes halogenated alkanes) is 2. The maximum Gasteiger partial charge on any atom is 0.314 e. The molecule has 9 nitrogen and oxygen atoms in total.